The Morgan fingerprint density at radius 2 is 1.66 bits per heavy atom. The van der Waals surface area contributed by atoms with Crippen molar-refractivity contribution >= 4 is 35.3 Å². The Bertz CT molecular complexity index is 1330. The number of hydrogen-bond donors (Lipinski definition) is 3. The highest BCUT2D eigenvalue weighted by atomic mass is 16.6. The molecule has 240 valence electrons. The summed E-state index contributed by atoms with van der Waals surface area (Å²) in [6.07, 6.45) is 3.59. The molecule has 0 atom stereocenters. The van der Waals surface area contributed by atoms with Crippen molar-refractivity contribution in [3.05, 3.63) is 84.2 Å². The highest BCUT2D eigenvalue weighted by molar-refractivity contribution is 6.04. The van der Waals surface area contributed by atoms with Crippen LogP contribution in [-0.2, 0) is 9.53 Å². The van der Waals surface area contributed by atoms with E-state index in [4.69, 9.17) is 19.9 Å². The molecule has 0 saturated heterocycles. The fraction of sp³-hybridized carbons (Fsp3) is 0.353. The average Bonchev–Trinajstić information content (AvgIpc) is 2.95. The second-order valence-corrected chi connectivity index (χ2v) is 10.1. The predicted octanol–water partition coefficient (Wildman–Crippen LogP) is 7.45. The molecule has 2 amide bonds. The Balaban J connectivity index is 0.000000844. The maximum Gasteiger partial charge on any atom is 0.338 e. The van der Waals surface area contributed by atoms with Crippen molar-refractivity contribution in [2.75, 3.05) is 23.0 Å². The van der Waals surface area contributed by atoms with E-state index in [1.807, 2.05) is 61.5 Å². The average molecular weight is 609 g/mol. The number of esters is 1. The number of hydrogen-bond acceptors (Lipinski definition) is 8. The number of pyridine rings is 1. The number of anilines is 3. The number of ether oxygens (including phenoxy) is 3. The Kier molecular flexibility index (Phi) is 17.2. The Hall–Kier alpha value is -4.86. The molecule has 1 aromatic heterocycles. The lowest BCUT2D eigenvalue weighted by Crippen LogP contribution is -2.23. The minimum absolute atomic E-state index is 0. The summed E-state index contributed by atoms with van der Waals surface area (Å²) in [7, 11) is 0. The molecular weight excluding hydrogens is 560 g/mol. The standard InChI is InChI=1S/C19H23N3O3.C12H15NO3.C2H6.CH4/c1-5-10-24-17-13(4)6-8-15(18(17)25-12(2)3)22-19(23)16-9-7-14(20)11-21-16;1-12(2,3)16-11(15)9-4-6-10(7-5-9)13-8-14;1-2;/h5-9,11-12H,1,10,20H2,2-4H3,(H,22,23);4-8H,1-3H3,(H,13,14);1-2H3;1H4. The first-order chi connectivity index (χ1) is 20.3. The smallest absolute Gasteiger partial charge is 0.338 e. The predicted molar refractivity (Wildman–Crippen MR) is 179 cm³/mol. The first-order valence-electron chi connectivity index (χ1n) is 13.9. The zero-order chi connectivity index (χ0) is 32.6. The number of nitrogen functional groups attached to an aromatic ring is 1. The summed E-state index contributed by atoms with van der Waals surface area (Å²) in [5.41, 5.74) is 8.38. The van der Waals surface area contributed by atoms with Gasteiger partial charge in [-0.2, -0.15) is 0 Å². The van der Waals surface area contributed by atoms with E-state index in [2.05, 4.69) is 22.2 Å². The third-order valence-corrected chi connectivity index (χ3v) is 5.02. The van der Waals surface area contributed by atoms with Crippen LogP contribution in [0.15, 0.2) is 67.4 Å². The van der Waals surface area contributed by atoms with Crippen LogP contribution in [0.5, 0.6) is 11.5 Å². The summed E-state index contributed by atoms with van der Waals surface area (Å²) in [6.45, 7) is 19.2. The molecule has 0 aliphatic carbocycles. The van der Waals surface area contributed by atoms with Crippen molar-refractivity contribution in [2.45, 2.75) is 74.5 Å². The fourth-order valence-electron chi connectivity index (χ4n) is 3.27. The van der Waals surface area contributed by atoms with Crippen LogP contribution in [0.2, 0.25) is 0 Å². The summed E-state index contributed by atoms with van der Waals surface area (Å²) >= 11 is 0. The largest absolute Gasteiger partial charge is 0.485 e. The fourth-order valence-corrected chi connectivity index (χ4v) is 3.27. The minimum Gasteiger partial charge on any atom is -0.485 e. The summed E-state index contributed by atoms with van der Waals surface area (Å²) in [5, 5.41) is 5.31. The monoisotopic (exact) mass is 608 g/mol. The molecule has 2 aromatic carbocycles. The first kappa shape index (κ1) is 39.1. The van der Waals surface area contributed by atoms with Gasteiger partial charge in [0.2, 0.25) is 6.41 Å². The van der Waals surface area contributed by atoms with E-state index in [1.165, 1.54) is 6.20 Å². The molecule has 0 aliphatic rings. The van der Waals surface area contributed by atoms with Gasteiger partial charge in [0, 0.05) is 5.69 Å². The van der Waals surface area contributed by atoms with Crippen molar-refractivity contribution in [3.8, 4) is 11.5 Å². The Labute approximate surface area is 262 Å². The Morgan fingerprint density at radius 1 is 1.02 bits per heavy atom. The quantitative estimate of drug-likeness (QED) is 0.122. The van der Waals surface area contributed by atoms with Crippen LogP contribution in [0.1, 0.15) is 82.3 Å². The lowest BCUT2D eigenvalue weighted by Gasteiger charge is -2.20. The van der Waals surface area contributed by atoms with Crippen molar-refractivity contribution in [1.29, 1.82) is 0 Å². The number of rotatable bonds is 10. The van der Waals surface area contributed by atoms with Crippen LogP contribution in [0.25, 0.3) is 0 Å². The van der Waals surface area contributed by atoms with E-state index >= 15 is 0 Å². The summed E-state index contributed by atoms with van der Waals surface area (Å²) in [5.74, 6) is 0.342. The topological polar surface area (TPSA) is 142 Å². The van der Waals surface area contributed by atoms with Gasteiger partial charge in [-0.15, -0.1) is 0 Å². The van der Waals surface area contributed by atoms with Gasteiger partial charge in [-0.25, -0.2) is 9.78 Å². The Morgan fingerprint density at radius 3 is 2.16 bits per heavy atom. The molecule has 0 fully saturated rings. The second kappa shape index (κ2) is 19.4. The molecular formula is C34H48N4O6. The molecule has 0 radical (unpaired) electrons. The van der Waals surface area contributed by atoms with Crippen LogP contribution in [0, 0.1) is 6.92 Å². The maximum atomic E-state index is 12.4. The molecule has 0 spiro atoms. The van der Waals surface area contributed by atoms with E-state index in [-0.39, 0.29) is 31.1 Å². The number of carbonyl (C=O) groups excluding carboxylic acids is 3. The van der Waals surface area contributed by atoms with Crippen LogP contribution in [0.3, 0.4) is 0 Å². The lowest BCUT2D eigenvalue weighted by molar-refractivity contribution is -0.105. The first-order valence-corrected chi connectivity index (χ1v) is 13.9. The molecule has 0 unspecified atom stereocenters. The molecule has 0 saturated carbocycles. The minimum atomic E-state index is -0.503. The highest BCUT2D eigenvalue weighted by Crippen LogP contribution is 2.39. The number of nitrogens with zero attached hydrogens (tertiary/aromatic N) is 1. The number of amides is 2. The molecule has 3 aromatic rings. The summed E-state index contributed by atoms with van der Waals surface area (Å²) in [6, 6.07) is 13.3. The molecule has 10 heteroatoms. The van der Waals surface area contributed by atoms with Gasteiger partial charge < -0.3 is 30.6 Å². The highest BCUT2D eigenvalue weighted by Gasteiger charge is 2.19. The number of aryl methyl sites for hydroxylation is 1. The number of nitrogens with one attached hydrogen (secondary N) is 2. The number of carbonyl (C=O) groups is 3. The van der Waals surface area contributed by atoms with Gasteiger partial charge in [0.15, 0.2) is 11.5 Å². The number of benzene rings is 2. The van der Waals surface area contributed by atoms with Crippen LogP contribution < -0.4 is 25.8 Å². The molecule has 3 rings (SSSR count). The maximum absolute atomic E-state index is 12.4. The van der Waals surface area contributed by atoms with E-state index in [0.29, 0.717) is 47.1 Å². The van der Waals surface area contributed by atoms with Gasteiger partial charge in [0.1, 0.15) is 17.9 Å². The number of aromatic nitrogens is 1. The van der Waals surface area contributed by atoms with E-state index in [1.54, 1.807) is 48.5 Å². The van der Waals surface area contributed by atoms with Gasteiger partial charge in [0.05, 0.1) is 29.2 Å². The normalized spacial score (nSPS) is 9.93. The van der Waals surface area contributed by atoms with Gasteiger partial charge in [0.25, 0.3) is 5.91 Å². The molecule has 4 N–H and O–H groups in total. The van der Waals surface area contributed by atoms with Crippen LogP contribution in [-0.4, -0.2) is 41.6 Å². The van der Waals surface area contributed by atoms with Crippen molar-refractivity contribution in [3.63, 3.8) is 0 Å². The van der Waals surface area contributed by atoms with E-state index in [0.717, 1.165) is 5.56 Å². The van der Waals surface area contributed by atoms with E-state index < -0.39 is 5.60 Å². The summed E-state index contributed by atoms with van der Waals surface area (Å²) in [4.78, 5) is 38.3. The van der Waals surface area contributed by atoms with Gasteiger partial charge in [-0.05, 0) is 89.6 Å². The molecule has 10 nitrogen and oxygen atoms in total. The number of nitrogens with two attached hydrogens (primary N) is 1. The zero-order valence-corrected chi connectivity index (χ0v) is 26.3. The van der Waals surface area contributed by atoms with Gasteiger partial charge in [-0.3, -0.25) is 9.59 Å². The van der Waals surface area contributed by atoms with E-state index in [9.17, 15) is 14.4 Å². The SMILES string of the molecule is C.C=CCOc1c(C)ccc(NC(=O)c2ccc(N)cn2)c1OC(C)C.CC.CC(C)(C)OC(=O)c1ccc(NC=O)cc1. The van der Waals surface area contributed by atoms with Crippen LogP contribution >= 0.6 is 0 Å². The van der Waals surface area contributed by atoms with Gasteiger partial charge in [-0.1, -0.05) is 40.0 Å². The van der Waals surface area contributed by atoms with Gasteiger partial charge >= 0.3 is 5.97 Å². The molecule has 1 heterocycles. The lowest BCUT2D eigenvalue weighted by atomic mass is 10.1. The zero-order valence-electron chi connectivity index (χ0n) is 26.3. The third-order valence-electron chi connectivity index (χ3n) is 5.02. The van der Waals surface area contributed by atoms with Crippen LogP contribution in [0.4, 0.5) is 17.1 Å². The summed E-state index contributed by atoms with van der Waals surface area (Å²) < 4.78 is 16.8. The third kappa shape index (κ3) is 13.4. The van der Waals surface area contributed by atoms with Crippen molar-refractivity contribution < 1.29 is 28.6 Å². The molecule has 44 heavy (non-hydrogen) atoms. The second-order valence-electron chi connectivity index (χ2n) is 10.1. The molecule has 0 aliphatic heterocycles. The van der Waals surface area contributed by atoms with Crippen molar-refractivity contribution in [2.24, 2.45) is 0 Å². The van der Waals surface area contributed by atoms with Crippen molar-refractivity contribution in [1.82, 2.24) is 4.98 Å². The molecule has 0 bridgehead atoms.